The molecule has 0 spiro atoms. The van der Waals surface area contributed by atoms with Crippen molar-refractivity contribution in [3.8, 4) is 11.1 Å². The number of hydrogen-bond acceptors (Lipinski definition) is 2. The Bertz CT molecular complexity index is 1150. The van der Waals surface area contributed by atoms with Gasteiger partial charge in [-0.2, -0.15) is 0 Å². The Hall–Kier alpha value is -2.94. The summed E-state index contributed by atoms with van der Waals surface area (Å²) in [5, 5.41) is 0. The van der Waals surface area contributed by atoms with Crippen LogP contribution in [0.15, 0.2) is 54.6 Å². The van der Waals surface area contributed by atoms with Crippen molar-refractivity contribution in [2.75, 3.05) is 0 Å². The van der Waals surface area contributed by atoms with Crippen LogP contribution in [-0.4, -0.2) is 19.4 Å². The molecule has 0 saturated heterocycles. The van der Waals surface area contributed by atoms with E-state index >= 15 is 0 Å². The number of rotatable bonds is 0. The lowest BCUT2D eigenvalue weighted by atomic mass is 9.77. The topological polar surface area (TPSA) is 34.1 Å². The minimum Gasteiger partial charge on any atom is -0.289 e. The predicted molar refractivity (Wildman–Crippen MR) is 103 cm³/mol. The van der Waals surface area contributed by atoms with Crippen LogP contribution in [0, 0.1) is 0 Å². The zero-order chi connectivity index (χ0) is 18.2. The lowest BCUT2D eigenvalue weighted by Crippen LogP contribution is -2.24. The Morgan fingerprint density at radius 2 is 1.31 bits per heavy atom. The standard InChI is InChI=1S/C23H15BO2/c1-23(2)19-6-4-3-5-13(19)15-10-17-18(11-20(15)23)22(26)16-9-12(24)7-8-14(16)21(17)25/h3-11H,1-2H3. The molecule has 3 heteroatoms. The maximum atomic E-state index is 13.1. The maximum Gasteiger partial charge on any atom is 0.194 e. The first kappa shape index (κ1) is 15.3. The molecule has 26 heavy (non-hydrogen) atoms. The molecule has 3 aromatic rings. The first-order valence-electron chi connectivity index (χ1n) is 8.67. The number of benzene rings is 3. The van der Waals surface area contributed by atoms with E-state index in [0.29, 0.717) is 27.7 Å². The van der Waals surface area contributed by atoms with Crippen LogP contribution >= 0.6 is 0 Å². The van der Waals surface area contributed by atoms with Crippen LogP contribution in [0.3, 0.4) is 0 Å². The van der Waals surface area contributed by atoms with E-state index in [-0.39, 0.29) is 17.0 Å². The first-order chi connectivity index (χ1) is 12.4. The maximum absolute atomic E-state index is 13.1. The van der Waals surface area contributed by atoms with Gasteiger partial charge >= 0.3 is 0 Å². The molecule has 2 nitrogen and oxygen atoms in total. The van der Waals surface area contributed by atoms with Gasteiger partial charge < -0.3 is 0 Å². The minimum atomic E-state index is -0.208. The summed E-state index contributed by atoms with van der Waals surface area (Å²) in [6.45, 7) is 4.32. The van der Waals surface area contributed by atoms with E-state index in [1.165, 1.54) is 5.56 Å². The molecule has 0 amide bonds. The molecule has 0 aliphatic heterocycles. The van der Waals surface area contributed by atoms with Crippen LogP contribution < -0.4 is 5.46 Å². The van der Waals surface area contributed by atoms with Crippen molar-refractivity contribution in [1.82, 2.24) is 0 Å². The third-order valence-electron chi connectivity index (χ3n) is 5.74. The molecule has 0 atom stereocenters. The second-order valence-corrected chi connectivity index (χ2v) is 7.58. The van der Waals surface area contributed by atoms with Crippen LogP contribution in [-0.2, 0) is 5.41 Å². The number of ketones is 2. The van der Waals surface area contributed by atoms with Crippen LogP contribution in [0.25, 0.3) is 11.1 Å². The average Bonchev–Trinajstić information content (AvgIpc) is 2.86. The molecule has 122 valence electrons. The Morgan fingerprint density at radius 3 is 2.12 bits per heavy atom. The van der Waals surface area contributed by atoms with Gasteiger partial charge in [0.2, 0.25) is 0 Å². The molecular weight excluding hydrogens is 319 g/mol. The van der Waals surface area contributed by atoms with Crippen molar-refractivity contribution in [1.29, 1.82) is 0 Å². The zero-order valence-electron chi connectivity index (χ0n) is 14.6. The lowest BCUT2D eigenvalue weighted by molar-refractivity contribution is 0.0979. The number of fused-ring (bicyclic) bond motifs is 5. The SMILES string of the molecule is [B]c1ccc2c(c1)C(=O)c1cc3c(cc1C2=O)-c1ccccc1C3(C)C. The molecule has 0 fully saturated rings. The van der Waals surface area contributed by atoms with Crippen molar-refractivity contribution in [3.05, 3.63) is 88.0 Å². The van der Waals surface area contributed by atoms with Crippen molar-refractivity contribution in [2.45, 2.75) is 19.3 Å². The molecule has 2 radical (unpaired) electrons. The van der Waals surface area contributed by atoms with E-state index in [2.05, 4.69) is 26.0 Å². The van der Waals surface area contributed by atoms with Crippen LogP contribution in [0.1, 0.15) is 56.8 Å². The van der Waals surface area contributed by atoms with E-state index in [4.69, 9.17) is 7.85 Å². The number of hydrogen-bond donors (Lipinski definition) is 0. The fourth-order valence-electron chi connectivity index (χ4n) is 4.36. The van der Waals surface area contributed by atoms with Crippen molar-refractivity contribution < 1.29 is 9.59 Å². The number of carbonyl (C=O) groups excluding carboxylic acids is 2. The van der Waals surface area contributed by atoms with E-state index in [9.17, 15) is 9.59 Å². The van der Waals surface area contributed by atoms with E-state index in [0.717, 1.165) is 16.7 Å². The summed E-state index contributed by atoms with van der Waals surface area (Å²) in [5.41, 5.74) is 6.57. The summed E-state index contributed by atoms with van der Waals surface area (Å²) in [7, 11) is 5.84. The zero-order valence-corrected chi connectivity index (χ0v) is 14.6. The van der Waals surface area contributed by atoms with Gasteiger partial charge in [-0.05, 0) is 34.4 Å². The molecule has 0 bridgehead atoms. The molecule has 2 aliphatic rings. The molecule has 0 saturated carbocycles. The van der Waals surface area contributed by atoms with Gasteiger partial charge in [0.05, 0.1) is 0 Å². The highest BCUT2D eigenvalue weighted by Crippen LogP contribution is 2.50. The minimum absolute atomic E-state index is 0.111. The molecule has 0 heterocycles. The van der Waals surface area contributed by atoms with Gasteiger partial charge in [-0.1, -0.05) is 61.8 Å². The second-order valence-electron chi connectivity index (χ2n) is 7.58. The Labute approximate surface area is 153 Å². The van der Waals surface area contributed by atoms with Gasteiger partial charge in [0, 0.05) is 27.7 Å². The highest BCUT2D eigenvalue weighted by atomic mass is 16.1. The lowest BCUT2D eigenvalue weighted by Gasteiger charge is -2.24. The summed E-state index contributed by atoms with van der Waals surface area (Å²) in [6, 6.07) is 17.0. The van der Waals surface area contributed by atoms with Crippen molar-refractivity contribution in [2.24, 2.45) is 0 Å². The van der Waals surface area contributed by atoms with Gasteiger partial charge in [-0.25, -0.2) is 0 Å². The quantitative estimate of drug-likeness (QED) is 0.461. The smallest absolute Gasteiger partial charge is 0.194 e. The van der Waals surface area contributed by atoms with E-state index < -0.39 is 0 Å². The second kappa shape index (κ2) is 4.82. The van der Waals surface area contributed by atoms with Gasteiger partial charge in [0.1, 0.15) is 7.85 Å². The van der Waals surface area contributed by atoms with E-state index in [1.54, 1.807) is 18.2 Å². The fraction of sp³-hybridized carbons (Fsp3) is 0.130. The van der Waals surface area contributed by atoms with Gasteiger partial charge in [0.25, 0.3) is 0 Å². The summed E-state index contributed by atoms with van der Waals surface area (Å²) in [6.07, 6.45) is 0. The van der Waals surface area contributed by atoms with Crippen LogP contribution in [0.5, 0.6) is 0 Å². The summed E-state index contributed by atoms with van der Waals surface area (Å²) in [5.74, 6) is -0.240. The summed E-state index contributed by atoms with van der Waals surface area (Å²) >= 11 is 0. The van der Waals surface area contributed by atoms with Crippen LogP contribution in [0.4, 0.5) is 0 Å². The number of carbonyl (C=O) groups is 2. The fourth-order valence-corrected chi connectivity index (χ4v) is 4.36. The average molecular weight is 334 g/mol. The van der Waals surface area contributed by atoms with Gasteiger partial charge in [-0.3, -0.25) is 9.59 Å². The Balaban J connectivity index is 1.82. The highest BCUT2D eigenvalue weighted by Gasteiger charge is 2.39. The molecule has 5 rings (SSSR count). The Kier molecular flexibility index (Phi) is 2.84. The highest BCUT2D eigenvalue weighted by molar-refractivity contribution is 6.35. The monoisotopic (exact) mass is 334 g/mol. The first-order valence-corrected chi connectivity index (χ1v) is 8.67. The molecule has 3 aromatic carbocycles. The largest absolute Gasteiger partial charge is 0.289 e. The molecule has 2 aliphatic carbocycles. The van der Waals surface area contributed by atoms with Crippen LogP contribution in [0.2, 0.25) is 0 Å². The molecular formula is C23H15BO2. The Morgan fingerprint density at radius 1 is 0.654 bits per heavy atom. The van der Waals surface area contributed by atoms with Crippen molar-refractivity contribution >= 4 is 24.9 Å². The van der Waals surface area contributed by atoms with E-state index in [1.807, 2.05) is 24.3 Å². The molecule has 0 N–H and O–H groups in total. The normalized spacial score (nSPS) is 15.9. The third-order valence-corrected chi connectivity index (χ3v) is 5.74. The summed E-state index contributed by atoms with van der Waals surface area (Å²) in [4.78, 5) is 26.1. The summed E-state index contributed by atoms with van der Waals surface area (Å²) < 4.78 is 0. The van der Waals surface area contributed by atoms with Gasteiger partial charge in [0.15, 0.2) is 11.6 Å². The third kappa shape index (κ3) is 1.78. The molecule has 0 aromatic heterocycles. The van der Waals surface area contributed by atoms with Crippen molar-refractivity contribution in [3.63, 3.8) is 0 Å². The predicted octanol–water partition coefficient (Wildman–Crippen LogP) is 3.56. The van der Waals surface area contributed by atoms with Gasteiger partial charge in [-0.15, -0.1) is 0 Å². The molecule has 0 unspecified atom stereocenters.